The number of amides is 2. The van der Waals surface area contributed by atoms with Crippen molar-refractivity contribution >= 4 is 17.6 Å². The van der Waals surface area contributed by atoms with Crippen LogP contribution in [0.5, 0.6) is 0 Å². The number of nitrogens with two attached hydrogens (primary N) is 2. The second kappa shape index (κ2) is 10.3. The predicted molar refractivity (Wildman–Crippen MR) is 135 cm³/mol. The van der Waals surface area contributed by atoms with Crippen molar-refractivity contribution in [1.82, 2.24) is 19.5 Å². The molecule has 180 valence electrons. The smallest absolute Gasteiger partial charge is 0.269 e. The first-order valence-corrected chi connectivity index (χ1v) is 11.7. The van der Waals surface area contributed by atoms with E-state index < -0.39 is 5.91 Å². The van der Waals surface area contributed by atoms with Crippen molar-refractivity contribution < 1.29 is 9.59 Å². The lowest BCUT2D eigenvalue weighted by atomic mass is 10.0. The zero-order valence-corrected chi connectivity index (χ0v) is 19.9. The number of nitrogen functional groups attached to an aromatic ring is 1. The average Bonchev–Trinajstić information content (AvgIpc) is 3.22. The summed E-state index contributed by atoms with van der Waals surface area (Å²) in [5.74, 6) is 9.34. The van der Waals surface area contributed by atoms with Gasteiger partial charge in [0.2, 0.25) is 0 Å². The lowest BCUT2D eigenvalue weighted by Crippen LogP contribution is -2.33. The number of pyridine rings is 1. The van der Waals surface area contributed by atoms with Gasteiger partial charge in [-0.2, -0.15) is 0 Å². The largest absolute Gasteiger partial charge is 0.364 e. The van der Waals surface area contributed by atoms with Gasteiger partial charge in [-0.05, 0) is 62.4 Å². The van der Waals surface area contributed by atoms with E-state index in [9.17, 15) is 9.59 Å². The summed E-state index contributed by atoms with van der Waals surface area (Å²) in [6.45, 7) is 4.63. The van der Waals surface area contributed by atoms with Gasteiger partial charge in [-0.25, -0.2) is 14.6 Å². The summed E-state index contributed by atoms with van der Waals surface area (Å²) >= 11 is 0. The molecule has 0 spiro atoms. The Kier molecular flexibility index (Phi) is 7.01. The summed E-state index contributed by atoms with van der Waals surface area (Å²) < 4.78 is 1.28. The van der Waals surface area contributed by atoms with Crippen molar-refractivity contribution in [3.8, 4) is 23.2 Å². The number of aromatic nitrogens is 3. The molecule has 1 aliphatic rings. The molecule has 1 aliphatic heterocycles. The summed E-state index contributed by atoms with van der Waals surface area (Å²) in [6.07, 6.45) is 5.39. The quantitative estimate of drug-likeness (QED) is 0.374. The molecule has 1 fully saturated rings. The number of nitrogens with zero attached hydrogens (tertiary/aromatic N) is 4. The summed E-state index contributed by atoms with van der Waals surface area (Å²) in [7, 11) is 0. The van der Waals surface area contributed by atoms with Crippen LogP contribution < -0.4 is 16.9 Å². The molecular formula is C26H29N7O2. The third-order valence-corrected chi connectivity index (χ3v) is 6.12. The molecule has 9 nitrogen and oxygen atoms in total. The number of benzene rings is 1. The average molecular weight is 472 g/mol. The van der Waals surface area contributed by atoms with Gasteiger partial charge in [-0.3, -0.25) is 9.59 Å². The fraction of sp³-hybridized carbons (Fsp3) is 0.308. The minimum absolute atomic E-state index is 0.118. The first kappa shape index (κ1) is 23.8. The van der Waals surface area contributed by atoms with E-state index in [2.05, 4.69) is 22.3 Å². The molecule has 0 aliphatic carbocycles. The van der Waals surface area contributed by atoms with Crippen molar-refractivity contribution in [3.63, 3.8) is 0 Å². The molecule has 0 bridgehead atoms. The van der Waals surface area contributed by atoms with Crippen LogP contribution in [0.4, 0.5) is 5.82 Å². The molecule has 2 aromatic heterocycles. The molecule has 0 saturated carbocycles. The van der Waals surface area contributed by atoms with E-state index in [4.69, 9.17) is 16.6 Å². The van der Waals surface area contributed by atoms with Crippen LogP contribution in [0, 0.1) is 12.0 Å². The van der Waals surface area contributed by atoms with Gasteiger partial charge >= 0.3 is 0 Å². The van der Waals surface area contributed by atoms with Crippen LogP contribution in [-0.4, -0.2) is 37.9 Å². The topological polar surface area (TPSA) is 132 Å². The number of likely N-dealkylation sites (tertiary alicyclic amines) is 1. The van der Waals surface area contributed by atoms with Crippen LogP contribution in [0.15, 0.2) is 42.6 Å². The van der Waals surface area contributed by atoms with E-state index in [0.717, 1.165) is 37.8 Å². The second-order valence-corrected chi connectivity index (χ2v) is 8.40. The van der Waals surface area contributed by atoms with Gasteiger partial charge in [0.05, 0.1) is 6.04 Å². The number of imidazole rings is 1. The number of carbonyl (C=O) groups is 2. The predicted octanol–water partition coefficient (Wildman–Crippen LogP) is 3.08. The molecule has 9 heteroatoms. The van der Waals surface area contributed by atoms with Gasteiger partial charge in [-0.1, -0.05) is 25.0 Å². The molecule has 3 aromatic rings. The Hall–Kier alpha value is -4.32. The lowest BCUT2D eigenvalue weighted by Gasteiger charge is -2.32. The highest BCUT2D eigenvalue weighted by atomic mass is 16.2. The van der Waals surface area contributed by atoms with Crippen LogP contribution in [0.3, 0.4) is 0 Å². The number of aryl methyl sites for hydroxylation is 1. The highest BCUT2D eigenvalue weighted by molar-refractivity contribution is 6.04. The van der Waals surface area contributed by atoms with E-state index in [0.29, 0.717) is 28.5 Å². The van der Waals surface area contributed by atoms with Crippen LogP contribution >= 0.6 is 0 Å². The van der Waals surface area contributed by atoms with Crippen LogP contribution in [0.1, 0.15) is 71.4 Å². The van der Waals surface area contributed by atoms with Gasteiger partial charge in [0.1, 0.15) is 11.5 Å². The monoisotopic (exact) mass is 471 g/mol. The summed E-state index contributed by atoms with van der Waals surface area (Å²) in [5.41, 5.74) is 8.35. The number of rotatable bonds is 6. The van der Waals surface area contributed by atoms with Crippen LogP contribution in [0.2, 0.25) is 0 Å². The first-order chi connectivity index (χ1) is 16.9. The standard InChI is InChI=1S/C26H29N7O2/c1-3-14-32-15-6-5-7-20(32)25-31-22(23(24(27)34)33(25)28)18-8-10-19(11-9-18)26(35)30-21-16-17(4-2)12-13-29-21/h8-13,16,20H,4-7,15,28H2,1-2H3,(H2,27,34)(H,29,30,35). The summed E-state index contributed by atoms with van der Waals surface area (Å²) in [4.78, 5) is 36.0. The van der Waals surface area contributed by atoms with E-state index in [-0.39, 0.29) is 17.6 Å². The third-order valence-electron chi connectivity index (χ3n) is 6.12. The van der Waals surface area contributed by atoms with Crippen molar-refractivity contribution in [1.29, 1.82) is 0 Å². The molecule has 2 amide bonds. The van der Waals surface area contributed by atoms with Crippen molar-refractivity contribution in [2.45, 2.75) is 45.6 Å². The number of carbonyl (C=O) groups excluding carboxylic acids is 2. The van der Waals surface area contributed by atoms with E-state index in [1.807, 2.05) is 24.0 Å². The Morgan fingerprint density at radius 1 is 1.20 bits per heavy atom. The fourth-order valence-electron chi connectivity index (χ4n) is 4.33. The van der Waals surface area contributed by atoms with Crippen LogP contribution in [0.25, 0.3) is 11.3 Å². The summed E-state index contributed by atoms with van der Waals surface area (Å²) in [6, 6.07) is 13.5. The molecule has 4 rings (SSSR count). The first-order valence-electron chi connectivity index (χ1n) is 11.7. The Morgan fingerprint density at radius 3 is 2.66 bits per heavy atom. The molecule has 1 unspecified atom stereocenters. The molecule has 1 atom stereocenters. The van der Waals surface area contributed by atoms with Gasteiger partial charge < -0.3 is 21.8 Å². The second-order valence-electron chi connectivity index (χ2n) is 8.40. The molecule has 3 heterocycles. The fourth-order valence-corrected chi connectivity index (χ4v) is 4.33. The Balaban J connectivity index is 1.63. The lowest BCUT2D eigenvalue weighted by molar-refractivity contribution is 0.0990. The van der Waals surface area contributed by atoms with E-state index in [1.54, 1.807) is 37.4 Å². The number of hydrogen-bond donors (Lipinski definition) is 3. The molecule has 35 heavy (non-hydrogen) atoms. The molecule has 0 radical (unpaired) electrons. The molecule has 1 aromatic carbocycles. The van der Waals surface area contributed by atoms with Crippen LogP contribution in [-0.2, 0) is 6.42 Å². The maximum absolute atomic E-state index is 12.7. The zero-order valence-electron chi connectivity index (χ0n) is 19.9. The normalized spacial score (nSPS) is 15.3. The number of primary amides is 1. The number of hydrogen-bond acceptors (Lipinski definition) is 6. The van der Waals surface area contributed by atoms with Gasteiger partial charge in [0, 0.05) is 29.9 Å². The maximum atomic E-state index is 12.7. The minimum Gasteiger partial charge on any atom is -0.364 e. The van der Waals surface area contributed by atoms with Gasteiger partial charge in [-0.15, -0.1) is 0 Å². The number of anilines is 1. The maximum Gasteiger partial charge on any atom is 0.269 e. The molecular weight excluding hydrogens is 442 g/mol. The van der Waals surface area contributed by atoms with Gasteiger partial charge in [0.25, 0.3) is 11.8 Å². The SMILES string of the molecule is CC#CN1CCCCC1c1nc(-c2ccc(C(=O)Nc3cc(CC)ccn3)cc2)c(C(N)=O)n1N. The van der Waals surface area contributed by atoms with Crippen molar-refractivity contribution in [3.05, 3.63) is 65.2 Å². The van der Waals surface area contributed by atoms with Gasteiger partial charge in [0.15, 0.2) is 11.5 Å². The summed E-state index contributed by atoms with van der Waals surface area (Å²) in [5, 5.41) is 2.81. The number of nitrogens with one attached hydrogen (secondary N) is 1. The Bertz CT molecular complexity index is 1300. The highest BCUT2D eigenvalue weighted by Gasteiger charge is 2.30. The van der Waals surface area contributed by atoms with Crippen molar-refractivity contribution in [2.24, 2.45) is 5.73 Å². The third kappa shape index (κ3) is 4.96. The minimum atomic E-state index is -0.672. The number of piperidine rings is 1. The molecule has 1 saturated heterocycles. The van der Waals surface area contributed by atoms with E-state index in [1.165, 1.54) is 4.68 Å². The highest BCUT2D eigenvalue weighted by Crippen LogP contribution is 2.33. The van der Waals surface area contributed by atoms with E-state index >= 15 is 0 Å². The van der Waals surface area contributed by atoms with Crippen molar-refractivity contribution in [2.75, 3.05) is 17.7 Å². The Labute approximate surface area is 204 Å². The molecule has 5 N–H and O–H groups in total. The zero-order chi connectivity index (χ0) is 24.9. The Morgan fingerprint density at radius 2 is 1.97 bits per heavy atom.